The van der Waals surface area contributed by atoms with Crippen molar-refractivity contribution in [1.82, 2.24) is 5.01 Å². The highest BCUT2D eigenvalue weighted by atomic mass is 79.9. The first-order valence-corrected chi connectivity index (χ1v) is 9.03. The van der Waals surface area contributed by atoms with Crippen LogP contribution in [0.3, 0.4) is 0 Å². The van der Waals surface area contributed by atoms with E-state index >= 15 is 0 Å². The van der Waals surface area contributed by atoms with Gasteiger partial charge in [0.15, 0.2) is 0 Å². The Labute approximate surface area is 154 Å². The van der Waals surface area contributed by atoms with Gasteiger partial charge < -0.3 is 4.74 Å². The molecule has 5 nitrogen and oxygen atoms in total. The molecular weight excluding hydrogens is 384 g/mol. The second-order valence-corrected chi connectivity index (χ2v) is 7.43. The van der Waals surface area contributed by atoms with E-state index in [4.69, 9.17) is 4.74 Å². The molecule has 4 atom stereocenters. The molecule has 6 heteroatoms. The van der Waals surface area contributed by atoms with Crippen LogP contribution < -0.4 is 4.74 Å². The Morgan fingerprint density at radius 2 is 1.92 bits per heavy atom. The molecule has 4 rings (SSSR count). The molecule has 1 aromatic rings. The maximum Gasteiger partial charge on any atom is 0.254 e. The van der Waals surface area contributed by atoms with Gasteiger partial charge in [0.05, 0.1) is 18.1 Å². The number of carbonyl (C=O) groups is 2. The van der Waals surface area contributed by atoms with E-state index in [1.54, 1.807) is 12.1 Å². The highest BCUT2D eigenvalue weighted by Crippen LogP contribution is 2.52. The van der Waals surface area contributed by atoms with Crippen molar-refractivity contribution in [3.63, 3.8) is 0 Å². The lowest BCUT2D eigenvalue weighted by Crippen LogP contribution is -2.28. The molecule has 1 aromatic carbocycles. The summed E-state index contributed by atoms with van der Waals surface area (Å²) in [7, 11) is 0. The molecule has 2 aliphatic carbocycles. The minimum atomic E-state index is -0.237. The first-order chi connectivity index (χ1) is 12.1. The molecule has 0 N–H and O–H groups in total. The third kappa shape index (κ3) is 2.65. The van der Waals surface area contributed by atoms with Gasteiger partial charge >= 0.3 is 0 Å². The highest BCUT2D eigenvalue weighted by molar-refractivity contribution is 9.10. The predicted octanol–water partition coefficient (Wildman–Crippen LogP) is 3.15. The van der Waals surface area contributed by atoms with Crippen LogP contribution in [0.4, 0.5) is 0 Å². The average Bonchev–Trinajstić information content (AvgIpc) is 3.27. The summed E-state index contributed by atoms with van der Waals surface area (Å²) in [5, 5.41) is 5.24. The maximum absolute atomic E-state index is 12.6. The second-order valence-electron chi connectivity index (χ2n) is 6.51. The molecule has 1 saturated heterocycles. The zero-order valence-electron chi connectivity index (χ0n) is 13.5. The zero-order valence-corrected chi connectivity index (χ0v) is 15.1. The molecule has 2 fully saturated rings. The molecule has 0 radical (unpaired) electrons. The Kier molecular flexibility index (Phi) is 4.07. The number of carbonyl (C=O) groups excluding carboxylic acids is 2. The summed E-state index contributed by atoms with van der Waals surface area (Å²) < 4.78 is 6.46. The summed E-state index contributed by atoms with van der Waals surface area (Å²) in [6, 6.07) is 5.50. The van der Waals surface area contributed by atoms with Gasteiger partial charge in [-0.1, -0.05) is 40.7 Å². The van der Waals surface area contributed by atoms with Crippen molar-refractivity contribution >= 4 is 34.0 Å². The average molecular weight is 401 g/mol. The van der Waals surface area contributed by atoms with E-state index in [1.165, 1.54) is 6.21 Å². The number of nitrogens with zero attached hydrogens (tertiary/aromatic N) is 2. The topological polar surface area (TPSA) is 59.0 Å². The van der Waals surface area contributed by atoms with Gasteiger partial charge in [-0.15, -0.1) is 0 Å². The van der Waals surface area contributed by atoms with Crippen LogP contribution in [0.25, 0.3) is 0 Å². The summed E-state index contributed by atoms with van der Waals surface area (Å²) in [4.78, 5) is 25.3. The van der Waals surface area contributed by atoms with Crippen LogP contribution >= 0.6 is 15.9 Å². The smallest absolute Gasteiger partial charge is 0.254 e. The first kappa shape index (κ1) is 16.3. The Hall–Kier alpha value is -2.21. The third-order valence-electron chi connectivity index (χ3n) is 5.09. The van der Waals surface area contributed by atoms with E-state index in [-0.39, 0.29) is 35.5 Å². The number of halogens is 1. The van der Waals surface area contributed by atoms with E-state index < -0.39 is 0 Å². The van der Waals surface area contributed by atoms with Crippen LogP contribution in [0, 0.1) is 23.7 Å². The van der Waals surface area contributed by atoms with Crippen molar-refractivity contribution in [3.05, 3.63) is 53.0 Å². The number of allylic oxidation sites excluding steroid dienone is 2. The molecule has 0 aromatic heterocycles. The van der Waals surface area contributed by atoms with Crippen LogP contribution in [0.2, 0.25) is 0 Å². The Bertz CT molecular complexity index is 787. The van der Waals surface area contributed by atoms with Gasteiger partial charge in [-0.2, -0.15) is 10.1 Å². The van der Waals surface area contributed by atoms with Gasteiger partial charge in [0, 0.05) is 10.0 Å². The minimum Gasteiger partial charge on any atom is -0.489 e. The van der Waals surface area contributed by atoms with Gasteiger partial charge in [-0.3, -0.25) is 9.59 Å². The van der Waals surface area contributed by atoms with Crippen LogP contribution in [0.1, 0.15) is 12.0 Å². The molecule has 1 heterocycles. The maximum atomic E-state index is 12.6. The largest absolute Gasteiger partial charge is 0.489 e. The lowest BCUT2D eigenvalue weighted by Gasteiger charge is -2.13. The summed E-state index contributed by atoms with van der Waals surface area (Å²) in [6.45, 7) is 4.00. The first-order valence-electron chi connectivity index (χ1n) is 8.23. The number of amides is 2. The van der Waals surface area contributed by atoms with Gasteiger partial charge in [0.2, 0.25) is 0 Å². The fourth-order valence-electron chi connectivity index (χ4n) is 4.02. The molecule has 0 spiro atoms. The monoisotopic (exact) mass is 400 g/mol. The van der Waals surface area contributed by atoms with E-state index in [1.807, 2.05) is 12.1 Å². The van der Waals surface area contributed by atoms with Crippen molar-refractivity contribution in [2.45, 2.75) is 6.42 Å². The van der Waals surface area contributed by atoms with Crippen molar-refractivity contribution in [2.24, 2.45) is 28.8 Å². The number of benzene rings is 1. The Balaban J connectivity index is 1.59. The van der Waals surface area contributed by atoms with Crippen molar-refractivity contribution in [1.29, 1.82) is 0 Å². The van der Waals surface area contributed by atoms with Gasteiger partial charge in [-0.05, 0) is 36.5 Å². The van der Waals surface area contributed by atoms with Crippen molar-refractivity contribution in [3.8, 4) is 5.75 Å². The fourth-order valence-corrected chi connectivity index (χ4v) is 4.40. The molecule has 1 aliphatic heterocycles. The van der Waals surface area contributed by atoms with Gasteiger partial charge in [0.1, 0.15) is 12.4 Å². The van der Waals surface area contributed by atoms with Crippen LogP contribution in [-0.4, -0.2) is 29.6 Å². The standard InChI is InChI=1S/C19H17BrN2O3/c1-2-7-25-15-6-5-14(20)9-13(15)10-21-22-18(23)16-11-3-4-12(8-11)17(16)19(22)24/h2-6,9-12,16-17H,1,7-8H2/b21-10-/t11-,12-,16+,17+/m0/s1. The Morgan fingerprint density at radius 3 is 2.56 bits per heavy atom. The zero-order chi connectivity index (χ0) is 17.6. The van der Waals surface area contributed by atoms with E-state index in [9.17, 15) is 9.59 Å². The third-order valence-corrected chi connectivity index (χ3v) is 5.58. The second kappa shape index (κ2) is 6.26. The normalized spacial score (nSPS) is 29.7. The van der Waals surface area contributed by atoms with Crippen LogP contribution in [0.5, 0.6) is 5.75 Å². The van der Waals surface area contributed by atoms with Crippen LogP contribution in [-0.2, 0) is 9.59 Å². The Morgan fingerprint density at radius 1 is 1.24 bits per heavy atom. The van der Waals surface area contributed by atoms with E-state index in [2.05, 4.69) is 39.8 Å². The molecule has 3 aliphatic rings. The minimum absolute atomic E-state index is 0.184. The van der Waals surface area contributed by atoms with Crippen molar-refractivity contribution in [2.75, 3.05) is 6.61 Å². The van der Waals surface area contributed by atoms with Crippen LogP contribution in [0.15, 0.2) is 52.6 Å². The number of hydrazone groups is 1. The molecule has 25 heavy (non-hydrogen) atoms. The fraction of sp³-hybridized carbons (Fsp3) is 0.316. The lowest BCUT2D eigenvalue weighted by atomic mass is 9.85. The van der Waals surface area contributed by atoms with E-state index in [0.717, 1.165) is 15.9 Å². The number of rotatable bonds is 5. The van der Waals surface area contributed by atoms with Crippen molar-refractivity contribution < 1.29 is 14.3 Å². The number of fused-ring (bicyclic) bond motifs is 5. The molecule has 0 unspecified atom stereocenters. The molecule has 128 valence electrons. The number of ether oxygens (including phenoxy) is 1. The number of hydrogen-bond acceptors (Lipinski definition) is 4. The SMILES string of the molecule is C=CCOc1ccc(Br)cc1/C=N\N1C(=O)[C@H]2[C@H](C1=O)[C@H]1C=C[C@H]2C1. The quantitative estimate of drug-likeness (QED) is 0.433. The summed E-state index contributed by atoms with van der Waals surface area (Å²) in [6.07, 6.45) is 8.21. The molecule has 2 amide bonds. The molecule has 2 bridgehead atoms. The number of hydrogen-bond donors (Lipinski definition) is 0. The summed E-state index contributed by atoms with van der Waals surface area (Å²) in [5.41, 5.74) is 0.690. The molecule has 1 saturated carbocycles. The predicted molar refractivity (Wildman–Crippen MR) is 97.0 cm³/mol. The lowest BCUT2D eigenvalue weighted by molar-refractivity contribution is -0.140. The highest BCUT2D eigenvalue weighted by Gasteiger charge is 2.59. The number of imide groups is 1. The summed E-state index contributed by atoms with van der Waals surface area (Å²) in [5.74, 6) is 0.136. The summed E-state index contributed by atoms with van der Waals surface area (Å²) >= 11 is 3.41. The van der Waals surface area contributed by atoms with Gasteiger partial charge in [0.25, 0.3) is 11.8 Å². The van der Waals surface area contributed by atoms with E-state index in [0.29, 0.717) is 17.9 Å². The van der Waals surface area contributed by atoms with Gasteiger partial charge in [-0.25, -0.2) is 0 Å². The molecular formula is C19H17BrN2O3.